The van der Waals surface area contributed by atoms with Gasteiger partial charge in [-0.25, -0.2) is 0 Å². The van der Waals surface area contributed by atoms with Crippen LogP contribution in [0.25, 0.3) is 0 Å². The van der Waals surface area contributed by atoms with E-state index in [9.17, 15) is 17.2 Å². The molecule has 0 aliphatic heterocycles. The lowest BCUT2D eigenvalue weighted by Crippen LogP contribution is -2.29. The summed E-state index contributed by atoms with van der Waals surface area (Å²) >= 11 is 0. The van der Waals surface area contributed by atoms with Crippen molar-refractivity contribution in [3.63, 3.8) is 0 Å². The lowest BCUT2D eigenvalue weighted by molar-refractivity contribution is 0.0603. The van der Waals surface area contributed by atoms with Gasteiger partial charge in [0, 0.05) is 6.42 Å². The fourth-order valence-corrected chi connectivity index (χ4v) is 3.59. The molecule has 94 valence electrons. The fourth-order valence-electron chi connectivity index (χ4n) is 3.21. The van der Waals surface area contributed by atoms with Crippen molar-refractivity contribution in [1.82, 2.24) is 0 Å². The van der Waals surface area contributed by atoms with Gasteiger partial charge >= 0.3 is 15.4 Å². The Hall–Kier alpha value is -0.230. The Labute approximate surface area is 94.0 Å². The van der Waals surface area contributed by atoms with Crippen molar-refractivity contribution >= 4 is 10.1 Å². The zero-order valence-electron chi connectivity index (χ0n) is 8.90. The number of alkyl halides is 2. The second-order valence-corrected chi connectivity index (χ2v) is 6.63. The molecule has 0 amide bonds. The number of fused-ring (bicyclic) bond motifs is 2. The third-order valence-corrected chi connectivity index (χ3v) is 5.03. The maximum atomic E-state index is 13.0. The summed E-state index contributed by atoms with van der Waals surface area (Å²) in [6, 6.07) is 0. The van der Waals surface area contributed by atoms with Crippen molar-refractivity contribution in [2.24, 2.45) is 17.8 Å². The molecule has 2 aliphatic carbocycles. The molecule has 0 aromatic carbocycles. The van der Waals surface area contributed by atoms with Crippen LogP contribution in [0.4, 0.5) is 8.78 Å². The Balaban J connectivity index is 1.89. The predicted molar refractivity (Wildman–Crippen MR) is 54.7 cm³/mol. The highest BCUT2D eigenvalue weighted by atomic mass is 32.2. The van der Waals surface area contributed by atoms with Gasteiger partial charge in [0.2, 0.25) is 0 Å². The molecule has 0 aromatic rings. The minimum atomic E-state index is -5.24. The standard InChI is InChI=1S/C10H16F2O3S/c11-10(12,16(13,14)15)4-3-9-6-7-1-2-8(9)5-7/h7-9H,1-6H2,(H,13,14,15). The molecule has 3 nitrogen and oxygen atoms in total. The van der Waals surface area contributed by atoms with Crippen molar-refractivity contribution in [2.45, 2.75) is 43.8 Å². The molecule has 6 heteroatoms. The molecule has 0 radical (unpaired) electrons. The van der Waals surface area contributed by atoms with Crippen LogP contribution in [0.15, 0.2) is 0 Å². The fraction of sp³-hybridized carbons (Fsp3) is 1.00. The van der Waals surface area contributed by atoms with Crippen molar-refractivity contribution < 1.29 is 21.8 Å². The highest BCUT2D eigenvalue weighted by Gasteiger charge is 2.46. The number of hydrogen-bond donors (Lipinski definition) is 1. The molecule has 0 spiro atoms. The molecule has 2 bridgehead atoms. The smallest absolute Gasteiger partial charge is 0.281 e. The predicted octanol–water partition coefficient (Wildman–Crippen LogP) is 2.68. The SMILES string of the molecule is O=S(=O)(O)C(F)(F)CCC1CC2CCC1C2. The summed E-state index contributed by atoms with van der Waals surface area (Å²) in [5.74, 6) is 1.39. The van der Waals surface area contributed by atoms with E-state index in [1.807, 2.05) is 0 Å². The van der Waals surface area contributed by atoms with Crippen LogP contribution in [-0.4, -0.2) is 18.2 Å². The van der Waals surface area contributed by atoms with Crippen LogP contribution >= 0.6 is 0 Å². The molecular formula is C10H16F2O3S. The molecule has 3 unspecified atom stereocenters. The molecule has 2 rings (SSSR count). The molecule has 0 heterocycles. The summed E-state index contributed by atoms with van der Waals surface area (Å²) in [5, 5.41) is -3.98. The minimum absolute atomic E-state index is 0.202. The maximum Gasteiger partial charge on any atom is 0.370 e. The molecule has 2 saturated carbocycles. The molecule has 2 fully saturated rings. The van der Waals surface area contributed by atoms with Crippen LogP contribution in [0.5, 0.6) is 0 Å². The Morgan fingerprint density at radius 3 is 2.38 bits per heavy atom. The quantitative estimate of drug-likeness (QED) is 0.785. The summed E-state index contributed by atoms with van der Waals surface area (Å²) in [6.07, 6.45) is 3.80. The van der Waals surface area contributed by atoms with Gasteiger partial charge in [0.05, 0.1) is 0 Å². The van der Waals surface area contributed by atoms with E-state index in [2.05, 4.69) is 0 Å². The van der Waals surface area contributed by atoms with Crippen molar-refractivity contribution in [1.29, 1.82) is 0 Å². The van der Waals surface area contributed by atoms with E-state index >= 15 is 0 Å². The zero-order chi connectivity index (χ0) is 12.0. The molecule has 0 saturated heterocycles. The number of halogens is 2. The Bertz CT molecular complexity index is 366. The largest absolute Gasteiger partial charge is 0.370 e. The van der Waals surface area contributed by atoms with E-state index in [1.165, 1.54) is 6.42 Å². The van der Waals surface area contributed by atoms with Gasteiger partial charge in [0.1, 0.15) is 0 Å². The van der Waals surface area contributed by atoms with Gasteiger partial charge in [-0.3, -0.25) is 4.55 Å². The van der Waals surface area contributed by atoms with E-state index in [0.717, 1.165) is 19.3 Å². The first-order chi connectivity index (χ1) is 7.29. The molecular weight excluding hydrogens is 238 g/mol. The molecule has 16 heavy (non-hydrogen) atoms. The van der Waals surface area contributed by atoms with Crippen LogP contribution < -0.4 is 0 Å². The van der Waals surface area contributed by atoms with Gasteiger partial charge in [0.15, 0.2) is 0 Å². The average Bonchev–Trinajstić information content (AvgIpc) is 2.73. The summed E-state index contributed by atoms with van der Waals surface area (Å²) < 4.78 is 55.2. The van der Waals surface area contributed by atoms with Crippen LogP contribution in [-0.2, 0) is 10.1 Å². The Morgan fingerprint density at radius 2 is 1.94 bits per heavy atom. The van der Waals surface area contributed by atoms with E-state index < -0.39 is 21.8 Å². The van der Waals surface area contributed by atoms with Gasteiger partial charge in [0.25, 0.3) is 0 Å². The highest BCUT2D eigenvalue weighted by molar-refractivity contribution is 7.86. The van der Waals surface area contributed by atoms with E-state index in [1.54, 1.807) is 0 Å². The van der Waals surface area contributed by atoms with Crippen LogP contribution in [0, 0.1) is 17.8 Å². The van der Waals surface area contributed by atoms with Crippen LogP contribution in [0.1, 0.15) is 38.5 Å². The van der Waals surface area contributed by atoms with Crippen LogP contribution in [0.3, 0.4) is 0 Å². The molecule has 0 aromatic heterocycles. The highest BCUT2D eigenvalue weighted by Crippen LogP contribution is 2.50. The van der Waals surface area contributed by atoms with Crippen LogP contribution in [0.2, 0.25) is 0 Å². The molecule has 3 atom stereocenters. The first-order valence-corrected chi connectivity index (χ1v) is 7.08. The van der Waals surface area contributed by atoms with Gasteiger partial charge in [-0.2, -0.15) is 17.2 Å². The van der Waals surface area contributed by atoms with E-state index in [-0.39, 0.29) is 12.3 Å². The van der Waals surface area contributed by atoms with Crippen molar-refractivity contribution in [3.8, 4) is 0 Å². The Morgan fingerprint density at radius 1 is 1.25 bits per heavy atom. The second-order valence-electron chi connectivity index (χ2n) is 5.09. The second kappa shape index (κ2) is 3.91. The average molecular weight is 254 g/mol. The zero-order valence-corrected chi connectivity index (χ0v) is 9.72. The topological polar surface area (TPSA) is 54.4 Å². The summed E-state index contributed by atoms with van der Waals surface area (Å²) in [6.45, 7) is 0. The third kappa shape index (κ3) is 2.22. The normalized spacial score (nSPS) is 34.6. The number of hydrogen-bond acceptors (Lipinski definition) is 2. The van der Waals surface area contributed by atoms with E-state index in [4.69, 9.17) is 4.55 Å². The van der Waals surface area contributed by atoms with Crippen molar-refractivity contribution in [3.05, 3.63) is 0 Å². The first-order valence-electron chi connectivity index (χ1n) is 5.64. The summed E-state index contributed by atoms with van der Waals surface area (Å²) in [7, 11) is -5.24. The van der Waals surface area contributed by atoms with Gasteiger partial charge in [-0.1, -0.05) is 6.42 Å². The number of rotatable bonds is 4. The van der Waals surface area contributed by atoms with Gasteiger partial charge in [-0.15, -0.1) is 0 Å². The minimum Gasteiger partial charge on any atom is -0.281 e. The summed E-state index contributed by atoms with van der Waals surface area (Å²) in [4.78, 5) is 0. The third-order valence-electron chi connectivity index (χ3n) is 4.07. The first kappa shape index (κ1) is 12.2. The molecule has 2 aliphatic rings. The monoisotopic (exact) mass is 254 g/mol. The van der Waals surface area contributed by atoms with E-state index in [0.29, 0.717) is 11.8 Å². The van der Waals surface area contributed by atoms with Gasteiger partial charge < -0.3 is 0 Å². The lowest BCUT2D eigenvalue weighted by atomic mass is 9.85. The lowest BCUT2D eigenvalue weighted by Gasteiger charge is -2.23. The van der Waals surface area contributed by atoms with Gasteiger partial charge in [-0.05, 0) is 43.4 Å². The maximum absolute atomic E-state index is 13.0. The van der Waals surface area contributed by atoms with Crippen molar-refractivity contribution in [2.75, 3.05) is 0 Å². The Kier molecular flexibility index (Phi) is 2.99. The molecule has 1 N–H and O–H groups in total. The summed E-state index contributed by atoms with van der Waals surface area (Å²) in [5.41, 5.74) is 0.